The van der Waals surface area contributed by atoms with E-state index in [4.69, 9.17) is 0 Å². The molecule has 2 aromatic rings. The van der Waals surface area contributed by atoms with Gasteiger partial charge in [-0.25, -0.2) is 13.4 Å². The van der Waals surface area contributed by atoms with Gasteiger partial charge in [-0.2, -0.15) is 0 Å². The maximum atomic E-state index is 11.6. The van der Waals surface area contributed by atoms with Crippen LogP contribution in [0.4, 0.5) is 0 Å². The molecule has 3 rings (SSSR count). The Morgan fingerprint density at radius 2 is 2.16 bits per heavy atom. The van der Waals surface area contributed by atoms with Gasteiger partial charge in [0.15, 0.2) is 21.1 Å². The largest absolute Gasteiger partial charge is 0.323 e. The molecule has 0 unspecified atom stereocenters. The summed E-state index contributed by atoms with van der Waals surface area (Å²) in [5.41, 5.74) is 1.14. The van der Waals surface area contributed by atoms with Crippen molar-refractivity contribution in [3.63, 3.8) is 0 Å². The quantitative estimate of drug-likeness (QED) is 0.798. The third kappa shape index (κ3) is 2.28. The van der Waals surface area contributed by atoms with E-state index in [1.807, 2.05) is 4.57 Å². The minimum Gasteiger partial charge on any atom is -0.323 e. The Labute approximate surface area is 111 Å². The van der Waals surface area contributed by atoms with Crippen molar-refractivity contribution in [2.75, 3.05) is 6.26 Å². The molecule has 6 heteroatoms. The number of pyridine rings is 1. The summed E-state index contributed by atoms with van der Waals surface area (Å²) in [5, 5.41) is 0.850. The number of hydrogen-bond acceptors (Lipinski definition) is 4. The number of rotatable bonds is 4. The van der Waals surface area contributed by atoms with E-state index in [0.717, 1.165) is 37.3 Å². The molecule has 0 radical (unpaired) electrons. The van der Waals surface area contributed by atoms with Crippen molar-refractivity contribution in [2.24, 2.45) is 5.92 Å². The summed E-state index contributed by atoms with van der Waals surface area (Å²) in [6.07, 6.45) is 4.24. The third-order valence-corrected chi connectivity index (χ3v) is 4.38. The average Bonchev–Trinajstić information content (AvgIpc) is 3.09. The molecule has 100 valence electrons. The summed E-state index contributed by atoms with van der Waals surface area (Å²) in [7, 11) is -3.33. The zero-order valence-corrected chi connectivity index (χ0v) is 11.4. The minimum atomic E-state index is -3.33. The molecule has 0 spiro atoms. The lowest BCUT2D eigenvalue weighted by Gasteiger charge is -2.06. The molecule has 5 nitrogen and oxygen atoms in total. The highest BCUT2D eigenvalue weighted by molar-refractivity contribution is 7.90. The maximum absolute atomic E-state index is 11.6. The number of nitrogens with zero attached hydrogens (tertiary/aromatic N) is 2. The van der Waals surface area contributed by atoms with Gasteiger partial charge in [0.05, 0.1) is 5.69 Å². The summed E-state index contributed by atoms with van der Waals surface area (Å²) >= 11 is 0. The van der Waals surface area contributed by atoms with Gasteiger partial charge in [-0.15, -0.1) is 0 Å². The first-order valence-corrected chi connectivity index (χ1v) is 8.03. The van der Waals surface area contributed by atoms with Crippen molar-refractivity contribution >= 4 is 27.2 Å². The molecule has 0 N–H and O–H groups in total. The van der Waals surface area contributed by atoms with E-state index in [-0.39, 0.29) is 5.03 Å². The van der Waals surface area contributed by atoms with Gasteiger partial charge in [-0.3, -0.25) is 4.79 Å². The predicted molar refractivity (Wildman–Crippen MR) is 71.0 cm³/mol. The highest BCUT2D eigenvalue weighted by atomic mass is 32.2. The number of aldehydes is 1. The number of carbonyl (C=O) groups excluding carboxylic acids is 1. The van der Waals surface area contributed by atoms with Crippen LogP contribution >= 0.6 is 0 Å². The number of fused-ring (bicyclic) bond motifs is 1. The standard InChI is InChI=1S/C13H14N2O3S/c1-19(17,18)12-5-4-10-6-11(8-16)15(13(10)14-12)7-9-2-3-9/h4-6,8-9H,2-3,7H2,1H3. The second-order valence-corrected chi connectivity index (χ2v) is 7.04. The Balaban J connectivity index is 2.21. The number of carbonyl (C=O) groups is 1. The van der Waals surface area contributed by atoms with Crippen molar-refractivity contribution in [1.29, 1.82) is 0 Å². The topological polar surface area (TPSA) is 69.0 Å². The molecule has 0 saturated heterocycles. The molecule has 2 aromatic heterocycles. The van der Waals surface area contributed by atoms with Crippen LogP contribution in [-0.2, 0) is 16.4 Å². The van der Waals surface area contributed by atoms with Crippen LogP contribution in [0.25, 0.3) is 11.0 Å². The van der Waals surface area contributed by atoms with E-state index in [0.29, 0.717) is 17.3 Å². The summed E-state index contributed by atoms with van der Waals surface area (Å²) < 4.78 is 24.9. The summed E-state index contributed by atoms with van der Waals surface area (Å²) in [6.45, 7) is 0.734. The van der Waals surface area contributed by atoms with Crippen LogP contribution in [0.3, 0.4) is 0 Å². The summed E-state index contributed by atoms with van der Waals surface area (Å²) in [4.78, 5) is 15.3. The highest BCUT2D eigenvalue weighted by Crippen LogP contribution is 2.32. The fourth-order valence-corrected chi connectivity index (χ4v) is 2.75. The fraction of sp³-hybridized carbons (Fsp3) is 0.385. The highest BCUT2D eigenvalue weighted by Gasteiger charge is 2.24. The molecule has 0 atom stereocenters. The van der Waals surface area contributed by atoms with Crippen LogP contribution < -0.4 is 0 Å². The molecule has 0 aliphatic heterocycles. The van der Waals surface area contributed by atoms with Crippen molar-refractivity contribution in [3.05, 3.63) is 23.9 Å². The number of sulfone groups is 1. The van der Waals surface area contributed by atoms with Gasteiger partial charge in [0, 0.05) is 18.2 Å². The van der Waals surface area contributed by atoms with Crippen molar-refractivity contribution in [1.82, 2.24) is 9.55 Å². The van der Waals surface area contributed by atoms with E-state index >= 15 is 0 Å². The molecule has 1 saturated carbocycles. The number of aromatic nitrogens is 2. The first-order valence-electron chi connectivity index (χ1n) is 6.14. The second kappa shape index (κ2) is 4.16. The smallest absolute Gasteiger partial charge is 0.192 e. The molecule has 2 heterocycles. The van der Waals surface area contributed by atoms with Crippen molar-refractivity contribution < 1.29 is 13.2 Å². The van der Waals surface area contributed by atoms with Gasteiger partial charge in [0.2, 0.25) is 0 Å². The predicted octanol–water partition coefficient (Wildman–Crippen LogP) is 1.66. The van der Waals surface area contributed by atoms with Crippen LogP contribution in [0.1, 0.15) is 23.3 Å². The monoisotopic (exact) mass is 278 g/mol. The van der Waals surface area contributed by atoms with Gasteiger partial charge >= 0.3 is 0 Å². The Morgan fingerprint density at radius 3 is 2.74 bits per heavy atom. The summed E-state index contributed by atoms with van der Waals surface area (Å²) in [5.74, 6) is 0.581. The first kappa shape index (κ1) is 12.3. The Bertz CT molecular complexity index is 758. The van der Waals surface area contributed by atoms with Gasteiger partial charge in [-0.05, 0) is 37.0 Å². The lowest BCUT2D eigenvalue weighted by atomic mass is 10.3. The van der Waals surface area contributed by atoms with Gasteiger partial charge in [0.1, 0.15) is 5.65 Å². The Hall–Kier alpha value is -1.69. The zero-order valence-electron chi connectivity index (χ0n) is 10.5. The second-order valence-electron chi connectivity index (χ2n) is 5.08. The molecule has 1 aliphatic carbocycles. The van der Waals surface area contributed by atoms with Gasteiger partial charge < -0.3 is 4.57 Å². The van der Waals surface area contributed by atoms with Crippen molar-refractivity contribution in [3.8, 4) is 0 Å². The lowest BCUT2D eigenvalue weighted by Crippen LogP contribution is -2.07. The molecule has 0 amide bonds. The Morgan fingerprint density at radius 1 is 1.42 bits per heavy atom. The maximum Gasteiger partial charge on any atom is 0.192 e. The van der Waals surface area contributed by atoms with E-state index in [9.17, 15) is 13.2 Å². The minimum absolute atomic E-state index is 0.0487. The van der Waals surface area contributed by atoms with Crippen LogP contribution in [0, 0.1) is 5.92 Å². The zero-order chi connectivity index (χ0) is 13.6. The van der Waals surface area contributed by atoms with E-state index in [1.165, 1.54) is 6.07 Å². The van der Waals surface area contributed by atoms with Crippen LogP contribution in [0.15, 0.2) is 23.2 Å². The van der Waals surface area contributed by atoms with E-state index < -0.39 is 9.84 Å². The molecule has 19 heavy (non-hydrogen) atoms. The molecule has 1 aliphatic rings. The third-order valence-electron chi connectivity index (χ3n) is 3.39. The lowest BCUT2D eigenvalue weighted by molar-refractivity contribution is 0.111. The van der Waals surface area contributed by atoms with E-state index in [2.05, 4.69) is 4.98 Å². The average molecular weight is 278 g/mol. The fourth-order valence-electron chi connectivity index (χ4n) is 2.18. The van der Waals surface area contributed by atoms with Crippen molar-refractivity contribution in [2.45, 2.75) is 24.4 Å². The van der Waals surface area contributed by atoms with E-state index in [1.54, 1.807) is 12.1 Å². The molecule has 0 bridgehead atoms. The molecular formula is C13H14N2O3S. The SMILES string of the molecule is CS(=O)(=O)c1ccc2cc(C=O)n(CC3CC3)c2n1. The van der Waals surface area contributed by atoms with Crippen LogP contribution in [0.5, 0.6) is 0 Å². The Kier molecular flexibility index (Phi) is 2.70. The van der Waals surface area contributed by atoms with Crippen LogP contribution in [0.2, 0.25) is 0 Å². The van der Waals surface area contributed by atoms with Gasteiger partial charge in [0.25, 0.3) is 0 Å². The summed E-state index contributed by atoms with van der Waals surface area (Å²) in [6, 6.07) is 4.94. The first-order chi connectivity index (χ1) is 8.99. The van der Waals surface area contributed by atoms with Gasteiger partial charge in [-0.1, -0.05) is 0 Å². The molecule has 1 fully saturated rings. The molecule has 0 aromatic carbocycles. The molecular weight excluding hydrogens is 264 g/mol. The number of hydrogen-bond donors (Lipinski definition) is 0. The normalized spacial score (nSPS) is 15.8. The van der Waals surface area contributed by atoms with Crippen LogP contribution in [-0.4, -0.2) is 30.5 Å².